The summed E-state index contributed by atoms with van der Waals surface area (Å²) in [6, 6.07) is 26.0. The van der Waals surface area contributed by atoms with Crippen LogP contribution < -0.4 is 25.2 Å². The van der Waals surface area contributed by atoms with Crippen molar-refractivity contribution in [3.8, 4) is 11.5 Å². The van der Waals surface area contributed by atoms with Crippen LogP contribution in [0.25, 0.3) is 0 Å². The van der Waals surface area contributed by atoms with Crippen LogP contribution in [-0.4, -0.2) is 39.3 Å². The van der Waals surface area contributed by atoms with Crippen LogP contribution in [0.4, 0.5) is 17.1 Å². The lowest BCUT2D eigenvalue weighted by atomic mass is 9.77. The van der Waals surface area contributed by atoms with Gasteiger partial charge in [-0.05, 0) is 61.1 Å². The normalized spacial score (nSPS) is 13.8. The van der Waals surface area contributed by atoms with Crippen molar-refractivity contribution in [3.05, 3.63) is 112 Å². The van der Waals surface area contributed by atoms with Gasteiger partial charge in [0.1, 0.15) is 11.5 Å². The molecule has 0 saturated carbocycles. The zero-order chi connectivity index (χ0) is 28.9. The van der Waals surface area contributed by atoms with Gasteiger partial charge in [0.25, 0.3) is 0 Å². The summed E-state index contributed by atoms with van der Waals surface area (Å²) < 4.78 is 12.8. The van der Waals surface area contributed by atoms with E-state index in [1.54, 1.807) is 0 Å². The van der Waals surface area contributed by atoms with Crippen LogP contribution in [-0.2, 0) is 16.9 Å². The maximum Gasteiger partial charge on any atom is 0.340 e. The average Bonchev–Trinajstić information content (AvgIpc) is 3.24. The summed E-state index contributed by atoms with van der Waals surface area (Å²) in [6.07, 6.45) is 0. The molecule has 2 N–H and O–H groups in total. The molecule has 208 valence electrons. The van der Waals surface area contributed by atoms with Gasteiger partial charge < -0.3 is 29.9 Å². The topological polar surface area (TPSA) is 66.1 Å². The van der Waals surface area contributed by atoms with Crippen LogP contribution in [0.2, 0.25) is 0 Å². The van der Waals surface area contributed by atoms with Crippen molar-refractivity contribution in [2.45, 2.75) is 19.1 Å². The van der Waals surface area contributed by atoms with E-state index in [-0.39, 0.29) is 0 Å². The molecule has 7 nitrogen and oxygen atoms in total. The summed E-state index contributed by atoms with van der Waals surface area (Å²) in [6.45, 7) is 2.66. The Morgan fingerprint density at radius 1 is 0.805 bits per heavy atom. The largest absolute Gasteiger partial charge is 0.456 e. The number of carbonyl (C=O) groups is 1. The van der Waals surface area contributed by atoms with Crippen molar-refractivity contribution in [2.24, 2.45) is 0 Å². The minimum absolute atomic E-state index is 0.394. The number of ether oxygens (including phenoxy) is 2. The maximum absolute atomic E-state index is 13.5. The second kappa shape index (κ2) is 10.1. The van der Waals surface area contributed by atoms with Crippen LogP contribution in [0.3, 0.4) is 0 Å². The molecule has 0 aromatic heterocycles. The Morgan fingerprint density at radius 2 is 1.39 bits per heavy atom. The molecule has 4 aromatic rings. The molecule has 0 bridgehead atoms. The molecule has 0 fully saturated rings. The number of benzene rings is 4. The smallest absolute Gasteiger partial charge is 0.340 e. The summed E-state index contributed by atoms with van der Waals surface area (Å²) in [4.78, 5) is 17.6. The molecule has 0 aliphatic carbocycles. The molecule has 2 aliphatic heterocycles. The number of anilines is 3. The number of rotatable bonds is 5. The van der Waals surface area contributed by atoms with E-state index in [0.29, 0.717) is 34.4 Å². The number of hydrogen-bond acceptors (Lipinski definition) is 6. The third kappa shape index (κ3) is 4.64. The molecule has 1 spiro atoms. The van der Waals surface area contributed by atoms with E-state index in [0.717, 1.165) is 33.6 Å². The molecule has 0 saturated heterocycles. The quantitative estimate of drug-likeness (QED) is 0.220. The Bertz CT molecular complexity index is 1620. The Hall–Kier alpha value is -4.56. The Kier molecular flexibility index (Phi) is 6.58. The van der Waals surface area contributed by atoms with Gasteiger partial charge in [0.2, 0.25) is 0 Å². The second-order valence-corrected chi connectivity index (χ2v) is 11.3. The first-order valence-corrected chi connectivity index (χ1v) is 13.9. The summed E-state index contributed by atoms with van der Waals surface area (Å²) in [5.41, 5.74) is 6.73. The summed E-state index contributed by atoms with van der Waals surface area (Å²) in [5.74, 6) is 0.919. The maximum atomic E-state index is 13.5. The Balaban J connectivity index is 1.37. The highest BCUT2D eigenvalue weighted by atomic mass is 32.1. The van der Waals surface area contributed by atoms with Gasteiger partial charge in [-0.1, -0.05) is 35.9 Å². The van der Waals surface area contributed by atoms with E-state index in [2.05, 4.69) is 41.8 Å². The minimum atomic E-state index is -1.13. The van der Waals surface area contributed by atoms with E-state index >= 15 is 0 Å². The van der Waals surface area contributed by atoms with E-state index < -0.39 is 11.6 Å². The average molecular weight is 565 g/mol. The van der Waals surface area contributed by atoms with E-state index in [9.17, 15) is 4.79 Å². The molecular formula is C33H32N4O3S. The Labute approximate surface area is 245 Å². The summed E-state index contributed by atoms with van der Waals surface area (Å²) in [5, 5.41) is 6.93. The minimum Gasteiger partial charge on any atom is -0.456 e. The van der Waals surface area contributed by atoms with Crippen molar-refractivity contribution >= 4 is 40.4 Å². The van der Waals surface area contributed by atoms with E-state index in [1.807, 2.05) is 92.6 Å². The van der Waals surface area contributed by atoms with Crippen LogP contribution in [0, 0.1) is 6.92 Å². The van der Waals surface area contributed by atoms with Crippen LogP contribution in [0.1, 0.15) is 38.2 Å². The molecule has 0 amide bonds. The first-order chi connectivity index (χ1) is 19.7. The summed E-state index contributed by atoms with van der Waals surface area (Å²) in [7, 11) is 7.94. The van der Waals surface area contributed by atoms with Crippen molar-refractivity contribution in [3.63, 3.8) is 0 Å². The van der Waals surface area contributed by atoms with Crippen molar-refractivity contribution in [2.75, 3.05) is 43.3 Å². The predicted octanol–water partition coefficient (Wildman–Crippen LogP) is 6.18. The van der Waals surface area contributed by atoms with Gasteiger partial charge in [0, 0.05) is 80.6 Å². The van der Waals surface area contributed by atoms with Gasteiger partial charge in [-0.25, -0.2) is 4.79 Å². The number of thiocarbonyl (C=S) groups is 1. The van der Waals surface area contributed by atoms with Crippen molar-refractivity contribution in [1.82, 2.24) is 5.32 Å². The zero-order valence-corrected chi connectivity index (χ0v) is 24.6. The van der Waals surface area contributed by atoms with Crippen LogP contribution in [0.15, 0.2) is 78.9 Å². The number of hydrogen-bond donors (Lipinski definition) is 2. The zero-order valence-electron chi connectivity index (χ0n) is 23.7. The molecular weight excluding hydrogens is 532 g/mol. The second-order valence-electron chi connectivity index (χ2n) is 10.9. The predicted molar refractivity (Wildman–Crippen MR) is 168 cm³/mol. The first-order valence-electron chi connectivity index (χ1n) is 13.5. The molecule has 8 heteroatoms. The molecule has 0 unspecified atom stereocenters. The molecule has 2 aliphatic rings. The highest BCUT2D eigenvalue weighted by molar-refractivity contribution is 7.80. The Morgan fingerprint density at radius 3 is 1.98 bits per heavy atom. The highest BCUT2D eigenvalue weighted by Gasteiger charge is 2.53. The third-order valence-electron chi connectivity index (χ3n) is 7.64. The molecule has 4 aromatic carbocycles. The fourth-order valence-corrected chi connectivity index (χ4v) is 5.59. The van der Waals surface area contributed by atoms with Gasteiger partial charge >= 0.3 is 5.97 Å². The fraction of sp³-hybridized carbons (Fsp3) is 0.212. The molecule has 41 heavy (non-hydrogen) atoms. The molecule has 0 radical (unpaired) electrons. The highest BCUT2D eigenvalue weighted by Crippen LogP contribution is 2.57. The van der Waals surface area contributed by atoms with Gasteiger partial charge in [0.05, 0.1) is 5.56 Å². The lowest BCUT2D eigenvalue weighted by molar-refractivity contribution is 0.0224. The molecule has 0 atom stereocenters. The number of nitrogens with zero attached hydrogens (tertiary/aromatic N) is 2. The van der Waals surface area contributed by atoms with Gasteiger partial charge in [-0.3, -0.25) is 0 Å². The standard InChI is InChI=1S/C33H32N4O3S/c1-20-6-8-21(9-7-20)19-34-32(41)35-22-10-13-26-25(16-22)31(38)40-33(26)27-14-11-23(36(2)3)17-29(27)39-30-18-24(37(4)5)12-15-28(30)33/h6-18H,19H2,1-5H3,(H2,34,35,41). The summed E-state index contributed by atoms with van der Waals surface area (Å²) >= 11 is 5.54. The third-order valence-corrected chi connectivity index (χ3v) is 7.88. The first kappa shape index (κ1) is 26.7. The van der Waals surface area contributed by atoms with E-state index in [1.165, 1.54) is 5.56 Å². The SMILES string of the molecule is Cc1ccc(CNC(=S)Nc2ccc3c(c2)C(=O)OC32c3ccc(N(C)C)cc3Oc3cc(N(C)C)ccc32)cc1. The lowest BCUT2D eigenvalue weighted by Crippen LogP contribution is -2.33. The van der Waals surface area contributed by atoms with Crippen LogP contribution >= 0.6 is 12.2 Å². The van der Waals surface area contributed by atoms with E-state index in [4.69, 9.17) is 21.7 Å². The number of nitrogens with one attached hydrogen (secondary N) is 2. The van der Waals surface area contributed by atoms with Crippen molar-refractivity contribution in [1.29, 1.82) is 0 Å². The number of fused-ring (bicyclic) bond motifs is 6. The van der Waals surface area contributed by atoms with Gasteiger partial charge in [-0.15, -0.1) is 0 Å². The molecule has 2 heterocycles. The number of carbonyl (C=O) groups excluding carboxylic acids is 1. The monoisotopic (exact) mass is 564 g/mol. The number of aryl methyl sites for hydroxylation is 1. The van der Waals surface area contributed by atoms with Gasteiger partial charge in [-0.2, -0.15) is 0 Å². The lowest BCUT2D eigenvalue weighted by Gasteiger charge is -2.37. The fourth-order valence-electron chi connectivity index (χ4n) is 5.40. The van der Waals surface area contributed by atoms with Crippen molar-refractivity contribution < 1.29 is 14.3 Å². The molecule has 6 rings (SSSR count). The number of esters is 1. The van der Waals surface area contributed by atoms with Crippen LogP contribution in [0.5, 0.6) is 11.5 Å². The van der Waals surface area contributed by atoms with Gasteiger partial charge in [0.15, 0.2) is 10.7 Å².